The van der Waals surface area contributed by atoms with Gasteiger partial charge in [-0.1, -0.05) is 23.2 Å². The number of amides is 1. The Balaban J connectivity index is 1.96. The summed E-state index contributed by atoms with van der Waals surface area (Å²) in [5, 5.41) is 3.75. The quantitative estimate of drug-likeness (QED) is 0.908. The number of methoxy groups -OCH3 is 1. The van der Waals surface area contributed by atoms with Gasteiger partial charge in [0.15, 0.2) is 0 Å². The highest BCUT2D eigenvalue weighted by atomic mass is 35.5. The van der Waals surface area contributed by atoms with Crippen molar-refractivity contribution in [1.29, 1.82) is 0 Å². The Hall–Kier alpha value is -0.970. The van der Waals surface area contributed by atoms with Gasteiger partial charge in [-0.3, -0.25) is 4.79 Å². The maximum absolute atomic E-state index is 12.0. The number of nitrogens with one attached hydrogen (secondary N) is 1. The van der Waals surface area contributed by atoms with Crippen LogP contribution in [-0.4, -0.2) is 32.3 Å². The minimum atomic E-state index is -0.0999. The Bertz CT molecular complexity index is 488. The molecule has 4 nitrogen and oxygen atoms in total. The van der Waals surface area contributed by atoms with E-state index in [4.69, 9.17) is 32.7 Å². The van der Waals surface area contributed by atoms with Gasteiger partial charge in [-0.05, 0) is 25.0 Å². The van der Waals surface area contributed by atoms with E-state index < -0.39 is 0 Å². The molecule has 1 N–H and O–H groups in total. The normalized spacial score (nSPS) is 18.1. The van der Waals surface area contributed by atoms with E-state index in [-0.39, 0.29) is 18.4 Å². The van der Waals surface area contributed by atoms with E-state index in [0.717, 1.165) is 19.4 Å². The second kappa shape index (κ2) is 7.16. The van der Waals surface area contributed by atoms with Gasteiger partial charge in [0.25, 0.3) is 0 Å². The molecule has 20 heavy (non-hydrogen) atoms. The molecule has 1 saturated heterocycles. The van der Waals surface area contributed by atoms with Crippen LogP contribution in [0.2, 0.25) is 10.0 Å². The standard InChI is InChI=1S/C14H17Cl2NO3/c1-19-14-9(5-10(15)7-12(14)16)6-13(18)17-8-11-3-2-4-20-11/h5,7,11H,2-4,6,8H2,1H3,(H,17,18). The molecule has 1 amide bonds. The van der Waals surface area contributed by atoms with Crippen molar-refractivity contribution in [3.63, 3.8) is 0 Å². The van der Waals surface area contributed by atoms with Crippen molar-refractivity contribution < 1.29 is 14.3 Å². The molecule has 1 heterocycles. The Labute approximate surface area is 128 Å². The van der Waals surface area contributed by atoms with Crippen LogP contribution in [0.15, 0.2) is 12.1 Å². The first kappa shape index (κ1) is 15.4. The molecule has 1 aromatic rings. The Morgan fingerprint density at radius 3 is 2.95 bits per heavy atom. The number of halogens is 2. The lowest BCUT2D eigenvalue weighted by Gasteiger charge is -2.13. The molecule has 1 fully saturated rings. The van der Waals surface area contributed by atoms with E-state index in [9.17, 15) is 4.79 Å². The Morgan fingerprint density at radius 2 is 2.30 bits per heavy atom. The lowest BCUT2D eigenvalue weighted by Crippen LogP contribution is -2.32. The maximum atomic E-state index is 12.0. The monoisotopic (exact) mass is 317 g/mol. The van der Waals surface area contributed by atoms with Crippen LogP contribution in [0.5, 0.6) is 5.75 Å². The largest absolute Gasteiger partial charge is 0.495 e. The first-order valence-corrected chi connectivity index (χ1v) is 7.26. The Kier molecular flexibility index (Phi) is 5.52. The molecule has 0 aromatic heterocycles. The smallest absolute Gasteiger partial charge is 0.224 e. The number of ether oxygens (including phenoxy) is 2. The fourth-order valence-corrected chi connectivity index (χ4v) is 2.85. The minimum absolute atomic E-state index is 0.0999. The van der Waals surface area contributed by atoms with Gasteiger partial charge in [0.05, 0.1) is 24.7 Å². The van der Waals surface area contributed by atoms with Gasteiger partial charge in [0.2, 0.25) is 5.91 Å². The van der Waals surface area contributed by atoms with Crippen molar-refractivity contribution in [2.45, 2.75) is 25.4 Å². The van der Waals surface area contributed by atoms with E-state index >= 15 is 0 Å². The molecule has 1 aromatic carbocycles. The van der Waals surface area contributed by atoms with Crippen LogP contribution in [-0.2, 0) is 16.0 Å². The third-order valence-corrected chi connectivity index (χ3v) is 3.69. The summed E-state index contributed by atoms with van der Waals surface area (Å²) in [6.07, 6.45) is 2.35. The number of carbonyl (C=O) groups is 1. The van der Waals surface area contributed by atoms with Crippen LogP contribution in [0.4, 0.5) is 0 Å². The molecule has 1 aliphatic rings. The van der Waals surface area contributed by atoms with E-state index in [1.807, 2.05) is 0 Å². The average molecular weight is 318 g/mol. The fourth-order valence-electron chi connectivity index (χ4n) is 2.24. The van der Waals surface area contributed by atoms with Crippen LogP contribution in [0.25, 0.3) is 0 Å². The topological polar surface area (TPSA) is 47.6 Å². The second-order valence-corrected chi connectivity index (χ2v) is 5.54. The summed E-state index contributed by atoms with van der Waals surface area (Å²) in [7, 11) is 1.52. The number of benzene rings is 1. The van der Waals surface area contributed by atoms with Crippen LogP contribution >= 0.6 is 23.2 Å². The maximum Gasteiger partial charge on any atom is 0.224 e. The SMILES string of the molecule is COc1c(Cl)cc(Cl)cc1CC(=O)NCC1CCCO1. The molecule has 0 saturated carbocycles. The van der Waals surface area contributed by atoms with E-state index in [0.29, 0.717) is 27.9 Å². The summed E-state index contributed by atoms with van der Waals surface area (Å²) in [5.74, 6) is 0.389. The molecule has 0 aliphatic carbocycles. The van der Waals surface area contributed by atoms with Crippen LogP contribution < -0.4 is 10.1 Å². The summed E-state index contributed by atoms with van der Waals surface area (Å²) in [6.45, 7) is 1.31. The number of hydrogen-bond donors (Lipinski definition) is 1. The molecule has 110 valence electrons. The van der Waals surface area contributed by atoms with Crippen molar-refractivity contribution in [3.8, 4) is 5.75 Å². The van der Waals surface area contributed by atoms with Gasteiger partial charge < -0.3 is 14.8 Å². The molecule has 1 aliphatic heterocycles. The molecule has 0 radical (unpaired) electrons. The first-order chi connectivity index (χ1) is 9.60. The van der Waals surface area contributed by atoms with Crippen molar-refractivity contribution >= 4 is 29.1 Å². The first-order valence-electron chi connectivity index (χ1n) is 6.50. The summed E-state index contributed by atoms with van der Waals surface area (Å²) in [5.41, 5.74) is 0.676. The zero-order valence-corrected chi connectivity index (χ0v) is 12.8. The minimum Gasteiger partial charge on any atom is -0.495 e. The Morgan fingerprint density at radius 1 is 1.50 bits per heavy atom. The summed E-state index contributed by atoms with van der Waals surface area (Å²) < 4.78 is 10.7. The number of hydrogen-bond acceptors (Lipinski definition) is 3. The second-order valence-electron chi connectivity index (χ2n) is 4.70. The van der Waals surface area contributed by atoms with Crippen molar-refractivity contribution in [1.82, 2.24) is 5.32 Å². The van der Waals surface area contributed by atoms with Crippen molar-refractivity contribution in [2.75, 3.05) is 20.3 Å². The molecule has 0 bridgehead atoms. The predicted octanol–water partition coefficient (Wildman–Crippen LogP) is 2.84. The van der Waals surface area contributed by atoms with Gasteiger partial charge in [-0.15, -0.1) is 0 Å². The van der Waals surface area contributed by atoms with E-state index in [1.54, 1.807) is 12.1 Å². The lowest BCUT2D eigenvalue weighted by molar-refractivity contribution is -0.120. The fraction of sp³-hybridized carbons (Fsp3) is 0.500. The highest BCUT2D eigenvalue weighted by Crippen LogP contribution is 2.32. The lowest BCUT2D eigenvalue weighted by atomic mass is 10.1. The number of rotatable bonds is 5. The van der Waals surface area contributed by atoms with Gasteiger partial charge in [-0.25, -0.2) is 0 Å². The molecule has 1 unspecified atom stereocenters. The number of carbonyl (C=O) groups excluding carboxylic acids is 1. The molecule has 0 spiro atoms. The average Bonchev–Trinajstić information content (AvgIpc) is 2.89. The summed E-state index contributed by atoms with van der Waals surface area (Å²) >= 11 is 12.0. The zero-order valence-electron chi connectivity index (χ0n) is 11.2. The summed E-state index contributed by atoms with van der Waals surface area (Å²) in [4.78, 5) is 12.0. The summed E-state index contributed by atoms with van der Waals surface area (Å²) in [6, 6.07) is 3.29. The molecular weight excluding hydrogens is 301 g/mol. The van der Waals surface area contributed by atoms with Crippen molar-refractivity contribution in [3.05, 3.63) is 27.7 Å². The highest BCUT2D eigenvalue weighted by molar-refractivity contribution is 6.35. The van der Waals surface area contributed by atoms with Crippen LogP contribution in [0.1, 0.15) is 18.4 Å². The third kappa shape index (κ3) is 4.01. The van der Waals surface area contributed by atoms with E-state index in [2.05, 4.69) is 5.32 Å². The predicted molar refractivity (Wildman–Crippen MR) is 78.7 cm³/mol. The van der Waals surface area contributed by atoms with Crippen LogP contribution in [0.3, 0.4) is 0 Å². The van der Waals surface area contributed by atoms with E-state index in [1.165, 1.54) is 7.11 Å². The third-order valence-electron chi connectivity index (χ3n) is 3.19. The zero-order chi connectivity index (χ0) is 14.5. The molecule has 6 heteroatoms. The van der Waals surface area contributed by atoms with Crippen molar-refractivity contribution in [2.24, 2.45) is 0 Å². The van der Waals surface area contributed by atoms with Gasteiger partial charge >= 0.3 is 0 Å². The molecular formula is C14H17Cl2NO3. The highest BCUT2D eigenvalue weighted by Gasteiger charge is 2.17. The molecule has 1 atom stereocenters. The van der Waals surface area contributed by atoms with Gasteiger partial charge in [0, 0.05) is 23.7 Å². The van der Waals surface area contributed by atoms with Gasteiger partial charge in [-0.2, -0.15) is 0 Å². The van der Waals surface area contributed by atoms with Gasteiger partial charge in [0.1, 0.15) is 5.75 Å². The van der Waals surface area contributed by atoms with Crippen LogP contribution in [0, 0.1) is 0 Å². The molecule has 2 rings (SSSR count).